The van der Waals surface area contributed by atoms with E-state index in [1.807, 2.05) is 6.08 Å². The number of carbonyl (C=O) groups excluding carboxylic acids is 1. The van der Waals surface area contributed by atoms with Crippen molar-refractivity contribution in [2.24, 2.45) is 0 Å². The first-order valence-electron chi connectivity index (χ1n) is 30.6. The van der Waals surface area contributed by atoms with Gasteiger partial charge in [-0.3, -0.25) is 4.79 Å². The van der Waals surface area contributed by atoms with Crippen LogP contribution in [0, 0.1) is 0 Å². The Hall–Kier alpha value is -3.55. The van der Waals surface area contributed by atoms with Crippen molar-refractivity contribution in [3.63, 3.8) is 0 Å². The van der Waals surface area contributed by atoms with E-state index in [9.17, 15) is 61.0 Å². The molecule has 0 aromatic carbocycles. The Morgan fingerprint density at radius 1 is 0.446 bits per heavy atom. The Bertz CT molecular complexity index is 1930. The maximum atomic E-state index is 13.3. The molecular formula is C64H105NO18. The van der Waals surface area contributed by atoms with E-state index in [4.69, 9.17) is 28.4 Å². The molecule has 0 spiro atoms. The Kier molecular flexibility index (Phi) is 40.6. The fraction of sp³-hybridized carbons (Fsp3) is 0.703. The van der Waals surface area contributed by atoms with E-state index in [1.165, 1.54) is 44.9 Å². The minimum atomic E-state index is -1.99. The number of hydrogen-bond acceptors (Lipinski definition) is 18. The molecular weight excluding hydrogens is 1070 g/mol. The van der Waals surface area contributed by atoms with Crippen LogP contribution in [0.2, 0.25) is 0 Å². The molecule has 3 heterocycles. The molecule has 12 N–H and O–H groups in total. The first-order chi connectivity index (χ1) is 40.3. The van der Waals surface area contributed by atoms with Crippen molar-refractivity contribution in [2.75, 3.05) is 26.4 Å². The molecule has 83 heavy (non-hydrogen) atoms. The maximum Gasteiger partial charge on any atom is 0.220 e. The van der Waals surface area contributed by atoms with E-state index in [0.717, 1.165) is 77.0 Å². The van der Waals surface area contributed by atoms with Gasteiger partial charge >= 0.3 is 0 Å². The lowest BCUT2D eigenvalue weighted by atomic mass is 9.96. The highest BCUT2D eigenvalue weighted by Crippen LogP contribution is 2.33. The van der Waals surface area contributed by atoms with Crippen LogP contribution in [-0.2, 0) is 33.2 Å². The van der Waals surface area contributed by atoms with Gasteiger partial charge in [0.1, 0.15) is 73.2 Å². The normalized spacial score (nSPS) is 30.2. The van der Waals surface area contributed by atoms with Gasteiger partial charge in [0.15, 0.2) is 18.9 Å². The van der Waals surface area contributed by atoms with Crippen molar-refractivity contribution >= 4 is 5.91 Å². The van der Waals surface area contributed by atoms with E-state index in [0.29, 0.717) is 12.8 Å². The summed E-state index contributed by atoms with van der Waals surface area (Å²) >= 11 is 0. The van der Waals surface area contributed by atoms with Crippen LogP contribution < -0.4 is 5.32 Å². The first-order valence-corrected chi connectivity index (χ1v) is 30.6. The van der Waals surface area contributed by atoms with Gasteiger partial charge in [0.05, 0.1) is 38.6 Å². The van der Waals surface area contributed by atoms with Crippen molar-refractivity contribution in [3.8, 4) is 0 Å². The van der Waals surface area contributed by atoms with Crippen LogP contribution in [0.3, 0.4) is 0 Å². The molecule has 3 aliphatic heterocycles. The molecule has 3 rings (SSSR count). The summed E-state index contributed by atoms with van der Waals surface area (Å²) < 4.78 is 34.2. The van der Waals surface area contributed by atoms with Crippen LogP contribution in [0.4, 0.5) is 0 Å². The van der Waals surface area contributed by atoms with Gasteiger partial charge in [-0.2, -0.15) is 0 Å². The summed E-state index contributed by atoms with van der Waals surface area (Å²) in [7, 11) is 0. The second-order valence-electron chi connectivity index (χ2n) is 21.4. The SMILES string of the molecule is CC/C=C\C/C=C\C/C=C\C/C=C\C/C=C\C/C=C\CCCCC(=O)NC(COC1OC(CO)C(OC2OC(CO)C(OC3OC(CO)C(O)C(O)C3O)C(O)C2O)C(O)C1O)C(O)/C=C/CC/C=C/CC/C=C/CCCCCCCCC. The third-order valence-electron chi connectivity index (χ3n) is 14.5. The number of nitrogens with one attached hydrogen (secondary N) is 1. The lowest BCUT2D eigenvalue weighted by molar-refractivity contribution is -0.379. The number of carbonyl (C=O) groups is 1. The monoisotopic (exact) mass is 1180 g/mol. The van der Waals surface area contributed by atoms with Crippen LogP contribution in [0.1, 0.15) is 155 Å². The molecule has 0 radical (unpaired) electrons. The molecule has 0 aromatic heterocycles. The lowest BCUT2D eigenvalue weighted by Gasteiger charge is -2.48. The fourth-order valence-corrected chi connectivity index (χ4v) is 9.52. The Morgan fingerprint density at radius 3 is 1.35 bits per heavy atom. The molecule has 1 amide bonds. The van der Waals surface area contributed by atoms with Crippen LogP contribution >= 0.6 is 0 Å². The average Bonchev–Trinajstić information content (AvgIpc) is 3.34. The molecule has 474 valence electrons. The van der Waals surface area contributed by atoms with Crippen LogP contribution in [0.5, 0.6) is 0 Å². The van der Waals surface area contributed by atoms with E-state index < -0.39 is 131 Å². The molecule has 0 saturated carbocycles. The number of aliphatic hydroxyl groups excluding tert-OH is 11. The summed E-state index contributed by atoms with van der Waals surface area (Å²) in [6.07, 6.45) is 32.1. The fourth-order valence-electron chi connectivity index (χ4n) is 9.52. The number of rotatable bonds is 43. The van der Waals surface area contributed by atoms with Crippen molar-refractivity contribution in [1.82, 2.24) is 5.32 Å². The molecule has 19 heteroatoms. The van der Waals surface area contributed by atoms with Gasteiger partial charge in [0.2, 0.25) is 5.91 Å². The van der Waals surface area contributed by atoms with Gasteiger partial charge < -0.3 is 89.9 Å². The Morgan fingerprint density at radius 2 is 0.843 bits per heavy atom. The van der Waals surface area contributed by atoms with Crippen LogP contribution in [0.15, 0.2) is 109 Å². The van der Waals surface area contributed by atoms with E-state index in [1.54, 1.807) is 6.08 Å². The number of hydrogen-bond donors (Lipinski definition) is 12. The molecule has 0 aromatic rings. The quantitative estimate of drug-likeness (QED) is 0.0249. The molecule has 3 aliphatic rings. The molecule has 17 unspecified atom stereocenters. The summed E-state index contributed by atoms with van der Waals surface area (Å²) in [6, 6.07) is -1.03. The number of unbranched alkanes of at least 4 members (excludes halogenated alkanes) is 11. The zero-order chi connectivity index (χ0) is 60.5. The van der Waals surface area contributed by atoms with E-state index in [-0.39, 0.29) is 12.3 Å². The Balaban J connectivity index is 1.53. The second-order valence-corrected chi connectivity index (χ2v) is 21.4. The highest BCUT2D eigenvalue weighted by atomic mass is 16.8. The van der Waals surface area contributed by atoms with Gasteiger partial charge in [-0.15, -0.1) is 0 Å². The zero-order valence-electron chi connectivity index (χ0n) is 49.4. The molecule has 3 saturated heterocycles. The van der Waals surface area contributed by atoms with E-state index >= 15 is 0 Å². The van der Waals surface area contributed by atoms with Gasteiger partial charge in [-0.1, -0.05) is 162 Å². The first kappa shape index (κ1) is 73.7. The highest BCUT2D eigenvalue weighted by molar-refractivity contribution is 5.76. The minimum absolute atomic E-state index is 0.170. The lowest BCUT2D eigenvalue weighted by Crippen LogP contribution is -2.66. The van der Waals surface area contributed by atoms with Gasteiger partial charge in [-0.25, -0.2) is 0 Å². The molecule has 19 nitrogen and oxygen atoms in total. The van der Waals surface area contributed by atoms with Crippen LogP contribution in [0.25, 0.3) is 0 Å². The summed E-state index contributed by atoms with van der Waals surface area (Å²) in [5.74, 6) is -0.338. The third-order valence-corrected chi connectivity index (χ3v) is 14.5. The maximum absolute atomic E-state index is 13.3. The zero-order valence-corrected chi connectivity index (χ0v) is 49.4. The summed E-state index contributed by atoms with van der Waals surface area (Å²) in [4.78, 5) is 13.3. The Labute approximate surface area is 494 Å². The second kappa shape index (κ2) is 45.7. The topological polar surface area (TPSA) is 307 Å². The predicted octanol–water partition coefficient (Wildman–Crippen LogP) is 5.92. The standard InChI is InChI=1S/C64H105NO18/c1-3-5-7-9-11-13-15-17-19-21-22-23-24-26-28-30-32-34-36-38-40-42-52(70)65-47(48(69)41-39-37-35-33-31-29-27-25-20-18-16-14-12-10-8-6-4-2)46-78-62-58(76)55(73)60(50(44-67)80-62)83-64-59(77)56(74)61(51(45-68)81-64)82-63-57(75)54(72)53(71)49(43-66)79-63/h5,7,11,13,17,19-20,22-23,25-26,28,31-34,39,41,47-51,53-64,66-69,71-77H,3-4,6,8-10,12,14-16,18,21,24,27,29-30,35-38,40,42-46H2,1-2H3,(H,65,70)/b7-5-,13-11-,19-17-,23-22-,25-20+,28-26-,33-31+,34-32-,41-39+. The summed E-state index contributed by atoms with van der Waals surface area (Å²) in [6.45, 7) is 1.51. The van der Waals surface area contributed by atoms with Crippen molar-refractivity contribution in [3.05, 3.63) is 109 Å². The summed E-state index contributed by atoms with van der Waals surface area (Å²) in [5, 5.41) is 120. The van der Waals surface area contributed by atoms with Crippen molar-refractivity contribution < 1.29 is 89.4 Å². The van der Waals surface area contributed by atoms with Gasteiger partial charge in [0, 0.05) is 6.42 Å². The smallest absolute Gasteiger partial charge is 0.220 e. The molecule has 0 bridgehead atoms. The number of ether oxygens (including phenoxy) is 6. The predicted molar refractivity (Wildman–Crippen MR) is 318 cm³/mol. The minimum Gasteiger partial charge on any atom is -0.394 e. The van der Waals surface area contributed by atoms with Crippen molar-refractivity contribution in [1.29, 1.82) is 0 Å². The number of amides is 1. The van der Waals surface area contributed by atoms with Crippen molar-refractivity contribution in [2.45, 2.75) is 259 Å². The molecule has 3 fully saturated rings. The number of allylic oxidation sites excluding steroid dienone is 17. The van der Waals surface area contributed by atoms with Crippen LogP contribution in [-0.4, -0.2) is 193 Å². The highest BCUT2D eigenvalue weighted by Gasteiger charge is 2.53. The number of aliphatic hydroxyl groups is 11. The van der Waals surface area contributed by atoms with E-state index in [2.05, 4.69) is 116 Å². The third kappa shape index (κ3) is 29.1. The van der Waals surface area contributed by atoms with Gasteiger partial charge in [-0.05, 0) is 96.3 Å². The molecule has 17 atom stereocenters. The average molecular weight is 1180 g/mol. The largest absolute Gasteiger partial charge is 0.394 e. The molecule has 0 aliphatic carbocycles. The van der Waals surface area contributed by atoms with Gasteiger partial charge in [0.25, 0.3) is 0 Å². The summed E-state index contributed by atoms with van der Waals surface area (Å²) in [5.41, 5.74) is 0.